The summed E-state index contributed by atoms with van der Waals surface area (Å²) in [4.78, 5) is 14.2. The molecule has 4 heteroatoms. The SMILES string of the molecule is COC(=O)C1CN(C(CCN)c2ccccc2)CC1C. The Morgan fingerprint density at radius 2 is 2.10 bits per heavy atom. The number of hydrogen-bond donors (Lipinski definition) is 1. The highest BCUT2D eigenvalue weighted by Crippen LogP contribution is 2.33. The van der Waals surface area contributed by atoms with Crippen LogP contribution in [-0.4, -0.2) is 37.6 Å². The summed E-state index contributed by atoms with van der Waals surface area (Å²) in [6, 6.07) is 10.7. The van der Waals surface area contributed by atoms with Crippen molar-refractivity contribution in [1.29, 1.82) is 0 Å². The van der Waals surface area contributed by atoms with Crippen molar-refractivity contribution in [3.8, 4) is 0 Å². The van der Waals surface area contributed by atoms with Crippen molar-refractivity contribution in [3.05, 3.63) is 35.9 Å². The van der Waals surface area contributed by atoms with Gasteiger partial charge in [0.05, 0.1) is 13.0 Å². The smallest absolute Gasteiger partial charge is 0.310 e. The quantitative estimate of drug-likeness (QED) is 0.833. The average Bonchev–Trinajstić information content (AvgIpc) is 2.86. The zero-order valence-electron chi connectivity index (χ0n) is 12.3. The third kappa shape index (κ3) is 3.19. The first-order valence-electron chi connectivity index (χ1n) is 7.24. The number of carbonyl (C=O) groups is 1. The van der Waals surface area contributed by atoms with Crippen LogP contribution in [-0.2, 0) is 9.53 Å². The van der Waals surface area contributed by atoms with E-state index in [1.165, 1.54) is 12.7 Å². The molecule has 1 heterocycles. The highest BCUT2D eigenvalue weighted by atomic mass is 16.5. The lowest BCUT2D eigenvalue weighted by atomic mass is 9.99. The predicted molar refractivity (Wildman–Crippen MR) is 79.1 cm³/mol. The second-order valence-electron chi connectivity index (χ2n) is 5.56. The molecule has 0 amide bonds. The van der Waals surface area contributed by atoms with Crippen molar-refractivity contribution < 1.29 is 9.53 Å². The zero-order valence-corrected chi connectivity index (χ0v) is 12.3. The molecule has 4 nitrogen and oxygen atoms in total. The summed E-state index contributed by atoms with van der Waals surface area (Å²) in [5.74, 6) is 0.204. The molecule has 2 N–H and O–H groups in total. The molecule has 1 saturated heterocycles. The second-order valence-corrected chi connectivity index (χ2v) is 5.56. The van der Waals surface area contributed by atoms with Crippen LogP contribution < -0.4 is 5.73 Å². The van der Waals surface area contributed by atoms with Gasteiger partial charge < -0.3 is 10.5 Å². The van der Waals surface area contributed by atoms with E-state index in [-0.39, 0.29) is 11.9 Å². The second kappa shape index (κ2) is 6.86. The summed E-state index contributed by atoms with van der Waals surface area (Å²) >= 11 is 0. The average molecular weight is 276 g/mol. The number of hydrogen-bond acceptors (Lipinski definition) is 4. The maximum absolute atomic E-state index is 11.8. The topological polar surface area (TPSA) is 55.6 Å². The van der Waals surface area contributed by atoms with E-state index in [4.69, 9.17) is 10.5 Å². The van der Waals surface area contributed by atoms with Crippen LogP contribution in [0.25, 0.3) is 0 Å². The fraction of sp³-hybridized carbons (Fsp3) is 0.562. The minimum Gasteiger partial charge on any atom is -0.469 e. The third-order valence-corrected chi connectivity index (χ3v) is 4.21. The van der Waals surface area contributed by atoms with E-state index in [1.807, 2.05) is 6.07 Å². The predicted octanol–water partition coefficient (Wildman–Crippen LogP) is 1.82. The first-order valence-corrected chi connectivity index (χ1v) is 7.24. The third-order valence-electron chi connectivity index (χ3n) is 4.21. The molecule has 3 unspecified atom stereocenters. The maximum atomic E-state index is 11.8. The highest BCUT2D eigenvalue weighted by molar-refractivity contribution is 5.73. The Hall–Kier alpha value is -1.39. The lowest BCUT2D eigenvalue weighted by molar-refractivity contribution is -0.146. The number of benzene rings is 1. The number of nitrogens with zero attached hydrogens (tertiary/aromatic N) is 1. The van der Waals surface area contributed by atoms with Gasteiger partial charge in [0.15, 0.2) is 0 Å². The van der Waals surface area contributed by atoms with Crippen LogP contribution in [0.5, 0.6) is 0 Å². The molecular weight excluding hydrogens is 252 g/mol. The van der Waals surface area contributed by atoms with Crippen molar-refractivity contribution in [3.63, 3.8) is 0 Å². The van der Waals surface area contributed by atoms with Crippen molar-refractivity contribution in [2.45, 2.75) is 19.4 Å². The molecule has 1 aromatic rings. The Kier molecular flexibility index (Phi) is 5.15. The summed E-state index contributed by atoms with van der Waals surface area (Å²) in [5, 5.41) is 0. The number of likely N-dealkylation sites (tertiary alicyclic amines) is 1. The van der Waals surface area contributed by atoms with E-state index in [0.29, 0.717) is 18.5 Å². The Bertz CT molecular complexity index is 435. The van der Waals surface area contributed by atoms with E-state index in [1.54, 1.807) is 0 Å². The van der Waals surface area contributed by atoms with Crippen LogP contribution in [0.2, 0.25) is 0 Å². The zero-order chi connectivity index (χ0) is 14.5. The number of nitrogens with two attached hydrogens (primary N) is 1. The van der Waals surface area contributed by atoms with Crippen LogP contribution in [0, 0.1) is 11.8 Å². The molecule has 0 bridgehead atoms. The largest absolute Gasteiger partial charge is 0.469 e. The van der Waals surface area contributed by atoms with Crippen molar-refractivity contribution in [1.82, 2.24) is 4.90 Å². The van der Waals surface area contributed by atoms with Gasteiger partial charge in [0.2, 0.25) is 0 Å². The van der Waals surface area contributed by atoms with Crippen LogP contribution in [0.3, 0.4) is 0 Å². The fourth-order valence-electron chi connectivity index (χ4n) is 3.11. The van der Waals surface area contributed by atoms with Gasteiger partial charge in [-0.1, -0.05) is 37.3 Å². The molecule has 3 atom stereocenters. The van der Waals surface area contributed by atoms with E-state index < -0.39 is 0 Å². The van der Waals surface area contributed by atoms with Gasteiger partial charge in [-0.15, -0.1) is 0 Å². The van der Waals surface area contributed by atoms with E-state index in [2.05, 4.69) is 36.1 Å². The summed E-state index contributed by atoms with van der Waals surface area (Å²) < 4.78 is 4.91. The van der Waals surface area contributed by atoms with Crippen molar-refractivity contribution in [2.75, 3.05) is 26.7 Å². The summed E-state index contributed by atoms with van der Waals surface area (Å²) in [7, 11) is 1.46. The van der Waals surface area contributed by atoms with Crippen LogP contribution >= 0.6 is 0 Å². The van der Waals surface area contributed by atoms with Gasteiger partial charge in [-0.25, -0.2) is 0 Å². The van der Waals surface area contributed by atoms with E-state index in [0.717, 1.165) is 19.5 Å². The molecule has 1 aromatic carbocycles. The van der Waals surface area contributed by atoms with Crippen LogP contribution in [0.15, 0.2) is 30.3 Å². The first kappa shape index (κ1) is 15.0. The molecule has 0 spiro atoms. The van der Waals surface area contributed by atoms with E-state index >= 15 is 0 Å². The molecule has 2 rings (SSSR count). The number of carbonyl (C=O) groups excluding carboxylic acids is 1. The molecule has 0 aliphatic carbocycles. The lowest BCUT2D eigenvalue weighted by Crippen LogP contribution is -2.29. The minimum atomic E-state index is -0.0976. The molecule has 1 fully saturated rings. The monoisotopic (exact) mass is 276 g/mol. The summed E-state index contributed by atoms with van der Waals surface area (Å²) in [6.07, 6.45) is 0.907. The lowest BCUT2D eigenvalue weighted by Gasteiger charge is -2.28. The minimum absolute atomic E-state index is 0.0241. The Morgan fingerprint density at radius 3 is 2.70 bits per heavy atom. The highest BCUT2D eigenvalue weighted by Gasteiger charge is 2.38. The van der Waals surface area contributed by atoms with Gasteiger partial charge >= 0.3 is 5.97 Å². The number of rotatable bonds is 5. The number of esters is 1. The number of ether oxygens (including phenoxy) is 1. The van der Waals surface area contributed by atoms with Gasteiger partial charge in [-0.3, -0.25) is 9.69 Å². The molecule has 1 aliphatic heterocycles. The van der Waals surface area contributed by atoms with Crippen molar-refractivity contribution >= 4 is 5.97 Å². The van der Waals surface area contributed by atoms with Crippen LogP contribution in [0.1, 0.15) is 24.9 Å². The molecule has 110 valence electrons. The van der Waals surface area contributed by atoms with Gasteiger partial charge in [0.1, 0.15) is 0 Å². The van der Waals surface area contributed by atoms with Gasteiger partial charge in [-0.05, 0) is 24.4 Å². The molecule has 0 radical (unpaired) electrons. The van der Waals surface area contributed by atoms with E-state index in [9.17, 15) is 4.79 Å². The van der Waals surface area contributed by atoms with Gasteiger partial charge in [0, 0.05) is 19.1 Å². The Labute approximate surface area is 120 Å². The molecule has 1 aliphatic rings. The molecular formula is C16H24N2O2. The molecule has 0 aromatic heterocycles. The Morgan fingerprint density at radius 1 is 1.40 bits per heavy atom. The molecule has 0 saturated carbocycles. The van der Waals surface area contributed by atoms with Gasteiger partial charge in [0.25, 0.3) is 0 Å². The van der Waals surface area contributed by atoms with Crippen molar-refractivity contribution in [2.24, 2.45) is 17.6 Å². The normalized spacial score (nSPS) is 24.6. The first-order chi connectivity index (χ1) is 9.67. The summed E-state index contributed by atoms with van der Waals surface area (Å²) in [6.45, 7) is 4.44. The fourth-order valence-corrected chi connectivity index (χ4v) is 3.11. The molecule has 20 heavy (non-hydrogen) atoms. The standard InChI is InChI=1S/C16H24N2O2/c1-12-10-18(11-14(12)16(19)20-2)15(8-9-17)13-6-4-3-5-7-13/h3-7,12,14-15H,8-11,17H2,1-2H3. The number of methoxy groups -OCH3 is 1. The van der Waals surface area contributed by atoms with Gasteiger partial charge in [-0.2, -0.15) is 0 Å². The summed E-state index contributed by atoms with van der Waals surface area (Å²) in [5.41, 5.74) is 7.05. The van der Waals surface area contributed by atoms with Crippen LogP contribution in [0.4, 0.5) is 0 Å². The Balaban J connectivity index is 2.14. The maximum Gasteiger partial charge on any atom is 0.310 e.